The number of ether oxygens (including phenoxy) is 1. The molecular weight excluding hydrogens is 216 g/mol. The van der Waals surface area contributed by atoms with Gasteiger partial charge >= 0.3 is 10.8 Å². The molecule has 0 amide bonds. The van der Waals surface area contributed by atoms with E-state index in [2.05, 4.69) is 15.0 Å². The Morgan fingerprint density at radius 1 is 1.67 bits per heavy atom. The van der Waals surface area contributed by atoms with E-state index in [1.54, 1.807) is 5.38 Å². The topological polar surface area (TPSA) is 71.2 Å². The first kappa shape index (κ1) is 11.9. The summed E-state index contributed by atoms with van der Waals surface area (Å²) in [5, 5.41) is 4.91. The Hall–Kier alpha value is -1.14. The van der Waals surface area contributed by atoms with E-state index < -0.39 is 0 Å². The van der Waals surface area contributed by atoms with Crippen LogP contribution in [-0.4, -0.2) is 24.6 Å². The van der Waals surface area contributed by atoms with Crippen LogP contribution in [0.2, 0.25) is 0 Å². The third-order valence-corrected chi connectivity index (χ3v) is 2.57. The number of thiazole rings is 1. The molecule has 0 aliphatic carbocycles. The maximum absolute atomic E-state index is 10.8. The average molecular weight is 230 g/mol. The van der Waals surface area contributed by atoms with Gasteiger partial charge in [-0.05, 0) is 13.0 Å². The fourth-order valence-corrected chi connectivity index (χ4v) is 1.66. The molecule has 1 aromatic heterocycles. The van der Waals surface area contributed by atoms with E-state index in [0.717, 1.165) is 30.0 Å². The predicted molar refractivity (Wildman–Crippen MR) is 57.9 cm³/mol. The minimum Gasteiger partial charge on any atom is -0.469 e. The zero-order chi connectivity index (χ0) is 11.1. The molecule has 6 heteroatoms. The number of hydrogen-bond acceptors (Lipinski definition) is 5. The second-order valence-electron chi connectivity index (χ2n) is 3.03. The fraction of sp³-hybridized carbons (Fsp3) is 0.556. The van der Waals surface area contributed by atoms with Gasteiger partial charge in [0.25, 0.3) is 0 Å². The van der Waals surface area contributed by atoms with Crippen LogP contribution in [0.4, 0.5) is 0 Å². The summed E-state index contributed by atoms with van der Waals surface area (Å²) in [4.78, 5) is 24.2. The zero-order valence-electron chi connectivity index (χ0n) is 8.54. The molecule has 0 saturated heterocycles. The summed E-state index contributed by atoms with van der Waals surface area (Å²) < 4.78 is 4.51. The molecule has 84 valence electrons. The van der Waals surface area contributed by atoms with Gasteiger partial charge in [-0.1, -0.05) is 11.3 Å². The molecular formula is C9H14N2O3S. The fourth-order valence-electron chi connectivity index (χ4n) is 1.08. The highest BCUT2D eigenvalue weighted by atomic mass is 32.1. The molecule has 0 unspecified atom stereocenters. The summed E-state index contributed by atoms with van der Waals surface area (Å²) in [7, 11) is 1.38. The molecule has 1 rings (SSSR count). The van der Waals surface area contributed by atoms with E-state index in [-0.39, 0.29) is 10.8 Å². The minimum absolute atomic E-state index is 0.0404. The lowest BCUT2D eigenvalue weighted by atomic mass is 10.3. The highest BCUT2D eigenvalue weighted by Gasteiger charge is 1.99. The van der Waals surface area contributed by atoms with E-state index >= 15 is 0 Å². The number of nitrogens with one attached hydrogen (secondary N) is 2. The van der Waals surface area contributed by atoms with Crippen LogP contribution in [0.3, 0.4) is 0 Å². The van der Waals surface area contributed by atoms with Crippen molar-refractivity contribution < 1.29 is 9.53 Å². The molecule has 0 radical (unpaired) electrons. The number of methoxy groups -OCH3 is 1. The number of esters is 1. The van der Waals surface area contributed by atoms with Gasteiger partial charge in [0.05, 0.1) is 7.11 Å². The maximum atomic E-state index is 10.8. The third kappa shape index (κ3) is 4.75. The van der Waals surface area contributed by atoms with Crippen LogP contribution in [0.15, 0.2) is 10.2 Å². The van der Waals surface area contributed by atoms with Crippen molar-refractivity contribution in [3.8, 4) is 0 Å². The van der Waals surface area contributed by atoms with Crippen LogP contribution in [0.25, 0.3) is 0 Å². The molecule has 0 saturated carbocycles. The molecule has 0 fully saturated rings. The minimum atomic E-state index is -0.194. The Morgan fingerprint density at radius 3 is 3.07 bits per heavy atom. The average Bonchev–Trinajstić information content (AvgIpc) is 2.63. The Labute approximate surface area is 91.5 Å². The number of carbonyl (C=O) groups excluding carboxylic acids is 1. The largest absolute Gasteiger partial charge is 0.469 e. The van der Waals surface area contributed by atoms with Crippen molar-refractivity contribution in [1.29, 1.82) is 0 Å². The standard InChI is InChI=1S/C9H14N2O3S/c1-14-8(12)3-2-4-10-5-7-6-15-9(13)11-7/h6,10H,2-5H2,1H3,(H,11,13). The SMILES string of the molecule is COC(=O)CCCNCc1csc(=O)[nH]1. The van der Waals surface area contributed by atoms with Gasteiger partial charge in [-0.2, -0.15) is 0 Å². The number of hydrogen-bond donors (Lipinski definition) is 2. The maximum Gasteiger partial charge on any atom is 0.305 e. The van der Waals surface area contributed by atoms with Gasteiger partial charge < -0.3 is 15.0 Å². The summed E-state index contributed by atoms with van der Waals surface area (Å²) in [6, 6.07) is 0. The summed E-state index contributed by atoms with van der Waals surface area (Å²) in [6.45, 7) is 1.35. The predicted octanol–water partition coefficient (Wildman–Crippen LogP) is 0.479. The van der Waals surface area contributed by atoms with Crippen LogP contribution in [-0.2, 0) is 16.1 Å². The van der Waals surface area contributed by atoms with Gasteiger partial charge in [-0.25, -0.2) is 0 Å². The van der Waals surface area contributed by atoms with Crippen molar-refractivity contribution in [2.45, 2.75) is 19.4 Å². The Morgan fingerprint density at radius 2 is 2.47 bits per heavy atom. The molecule has 0 atom stereocenters. The molecule has 1 heterocycles. The van der Waals surface area contributed by atoms with Crippen molar-refractivity contribution in [3.05, 3.63) is 20.7 Å². The Balaban J connectivity index is 2.07. The second-order valence-corrected chi connectivity index (χ2v) is 3.87. The van der Waals surface area contributed by atoms with E-state index in [1.165, 1.54) is 7.11 Å². The lowest BCUT2D eigenvalue weighted by Gasteiger charge is -2.01. The van der Waals surface area contributed by atoms with E-state index in [0.29, 0.717) is 13.0 Å². The number of aromatic amines is 1. The van der Waals surface area contributed by atoms with Crippen molar-refractivity contribution in [1.82, 2.24) is 10.3 Å². The Bertz CT molecular complexity index is 358. The van der Waals surface area contributed by atoms with Crippen LogP contribution in [0, 0.1) is 0 Å². The second kappa shape index (κ2) is 6.36. The highest BCUT2D eigenvalue weighted by Crippen LogP contribution is 1.95. The van der Waals surface area contributed by atoms with Crippen LogP contribution in [0.1, 0.15) is 18.5 Å². The molecule has 0 aliphatic heterocycles. The molecule has 2 N–H and O–H groups in total. The molecule has 1 aromatic rings. The van der Waals surface area contributed by atoms with Gasteiger partial charge in [-0.15, -0.1) is 0 Å². The van der Waals surface area contributed by atoms with Crippen LogP contribution < -0.4 is 10.2 Å². The van der Waals surface area contributed by atoms with Gasteiger partial charge in [-0.3, -0.25) is 9.59 Å². The van der Waals surface area contributed by atoms with Crippen LogP contribution in [0.5, 0.6) is 0 Å². The molecule has 0 spiro atoms. The summed E-state index contributed by atoms with van der Waals surface area (Å²) in [5.74, 6) is -0.194. The summed E-state index contributed by atoms with van der Waals surface area (Å²) in [6.07, 6.45) is 1.16. The van der Waals surface area contributed by atoms with Crippen molar-refractivity contribution >= 4 is 17.3 Å². The highest BCUT2D eigenvalue weighted by molar-refractivity contribution is 7.07. The molecule has 0 bridgehead atoms. The smallest absolute Gasteiger partial charge is 0.305 e. The Kier molecular flexibility index (Phi) is 5.06. The number of rotatable bonds is 6. The van der Waals surface area contributed by atoms with Gasteiger partial charge in [0.2, 0.25) is 0 Å². The van der Waals surface area contributed by atoms with E-state index in [1.807, 2.05) is 0 Å². The van der Waals surface area contributed by atoms with Crippen molar-refractivity contribution in [2.24, 2.45) is 0 Å². The number of aromatic nitrogens is 1. The van der Waals surface area contributed by atoms with E-state index in [4.69, 9.17) is 0 Å². The molecule has 0 aromatic carbocycles. The van der Waals surface area contributed by atoms with Crippen molar-refractivity contribution in [2.75, 3.05) is 13.7 Å². The van der Waals surface area contributed by atoms with Gasteiger partial charge in [0.15, 0.2) is 0 Å². The van der Waals surface area contributed by atoms with Gasteiger partial charge in [0, 0.05) is 24.0 Å². The first-order valence-corrected chi connectivity index (χ1v) is 5.54. The number of H-pyrrole nitrogens is 1. The van der Waals surface area contributed by atoms with Crippen LogP contribution >= 0.6 is 11.3 Å². The first-order valence-electron chi connectivity index (χ1n) is 4.66. The number of carbonyl (C=O) groups is 1. The first-order chi connectivity index (χ1) is 7.22. The monoisotopic (exact) mass is 230 g/mol. The normalized spacial score (nSPS) is 10.2. The van der Waals surface area contributed by atoms with Crippen molar-refractivity contribution in [3.63, 3.8) is 0 Å². The molecule has 15 heavy (non-hydrogen) atoms. The molecule has 5 nitrogen and oxygen atoms in total. The van der Waals surface area contributed by atoms with E-state index in [9.17, 15) is 9.59 Å². The lowest BCUT2D eigenvalue weighted by Crippen LogP contribution is -2.16. The zero-order valence-corrected chi connectivity index (χ0v) is 9.36. The van der Waals surface area contributed by atoms with Gasteiger partial charge in [0.1, 0.15) is 0 Å². The summed E-state index contributed by atoms with van der Waals surface area (Å²) in [5.41, 5.74) is 0.878. The summed E-state index contributed by atoms with van der Waals surface area (Å²) >= 11 is 1.15. The third-order valence-electron chi connectivity index (χ3n) is 1.85. The molecule has 0 aliphatic rings. The lowest BCUT2D eigenvalue weighted by molar-refractivity contribution is -0.140. The quantitative estimate of drug-likeness (QED) is 0.551.